The molecule has 0 radical (unpaired) electrons. The van der Waals surface area contributed by atoms with Crippen LogP contribution in [0, 0.1) is 32.4 Å². The second-order valence-electron chi connectivity index (χ2n) is 9.07. The first kappa shape index (κ1) is 26.5. The molecule has 1 aromatic carbocycles. The number of benzene rings is 1. The second kappa shape index (κ2) is 10.1. The predicted octanol–water partition coefficient (Wildman–Crippen LogP) is 4.86. The Hall–Kier alpha value is -3.57. The zero-order valence-electron chi connectivity index (χ0n) is 20.8. The zero-order valence-corrected chi connectivity index (χ0v) is 22.4. The van der Waals surface area contributed by atoms with Gasteiger partial charge in [0.1, 0.15) is 34.0 Å². The standard InChI is InChI=1S/C26H24BrF2N5O3/c1-13-6-7-16(22-14(2)10-31-25(33-22)26(4,5)36)8-20(13)34-15(3)32-23(21(27)24(34)35)37-12-19-18(29)9-17(28)11-30-19/h6-11,36H,12H2,1-5H3. The SMILES string of the molecule is Cc1ccc(-c2nc(C(C)(C)O)ncc2C)cc1-n1c(C)nc(OCc2ncc(F)cc2F)c(Br)c1=O. The fourth-order valence-corrected chi connectivity index (χ4v) is 4.05. The number of halogens is 3. The van der Waals surface area contributed by atoms with Crippen LogP contribution in [0.4, 0.5) is 8.78 Å². The normalized spacial score (nSPS) is 11.6. The highest BCUT2D eigenvalue weighted by molar-refractivity contribution is 9.10. The van der Waals surface area contributed by atoms with Gasteiger partial charge in [0.15, 0.2) is 11.6 Å². The number of ether oxygens (including phenoxy) is 1. The molecule has 0 saturated carbocycles. The Kier molecular flexibility index (Phi) is 7.20. The van der Waals surface area contributed by atoms with Crippen molar-refractivity contribution in [2.75, 3.05) is 0 Å². The van der Waals surface area contributed by atoms with Crippen molar-refractivity contribution in [1.29, 1.82) is 0 Å². The highest BCUT2D eigenvalue weighted by atomic mass is 79.9. The van der Waals surface area contributed by atoms with E-state index in [2.05, 4.69) is 35.9 Å². The summed E-state index contributed by atoms with van der Waals surface area (Å²) in [5.41, 5.74) is 1.76. The third kappa shape index (κ3) is 5.42. The van der Waals surface area contributed by atoms with Crippen molar-refractivity contribution in [3.05, 3.63) is 91.6 Å². The third-order valence-corrected chi connectivity index (χ3v) is 6.32. The molecule has 0 amide bonds. The lowest BCUT2D eigenvalue weighted by atomic mass is 10.0. The minimum Gasteiger partial charge on any atom is -0.470 e. The summed E-state index contributed by atoms with van der Waals surface area (Å²) in [6.45, 7) is 8.25. The van der Waals surface area contributed by atoms with Crippen LogP contribution in [0.1, 0.15) is 42.3 Å². The number of rotatable bonds is 6. The number of nitrogens with zero attached hydrogens (tertiary/aromatic N) is 5. The Morgan fingerprint density at radius 1 is 1.05 bits per heavy atom. The van der Waals surface area contributed by atoms with E-state index in [0.29, 0.717) is 23.3 Å². The maximum Gasteiger partial charge on any atom is 0.276 e. The number of hydrogen-bond acceptors (Lipinski definition) is 7. The lowest BCUT2D eigenvalue weighted by molar-refractivity contribution is 0.0688. The molecule has 0 atom stereocenters. The maximum absolute atomic E-state index is 13.9. The number of aliphatic hydroxyl groups is 1. The summed E-state index contributed by atoms with van der Waals surface area (Å²) in [6.07, 6.45) is 2.53. The van der Waals surface area contributed by atoms with Gasteiger partial charge in [0, 0.05) is 17.8 Å². The van der Waals surface area contributed by atoms with E-state index in [1.165, 1.54) is 4.57 Å². The van der Waals surface area contributed by atoms with Gasteiger partial charge >= 0.3 is 0 Å². The van der Waals surface area contributed by atoms with Crippen LogP contribution in [0.25, 0.3) is 16.9 Å². The number of aryl methyl sites for hydroxylation is 3. The van der Waals surface area contributed by atoms with E-state index in [9.17, 15) is 18.7 Å². The van der Waals surface area contributed by atoms with Crippen molar-refractivity contribution < 1.29 is 18.6 Å². The minimum atomic E-state index is -1.22. The summed E-state index contributed by atoms with van der Waals surface area (Å²) in [5.74, 6) is -1.10. The zero-order chi connectivity index (χ0) is 27.1. The Labute approximate surface area is 220 Å². The van der Waals surface area contributed by atoms with Crippen LogP contribution in [0.15, 0.2) is 45.9 Å². The van der Waals surface area contributed by atoms with Crippen LogP contribution in [0.5, 0.6) is 5.88 Å². The summed E-state index contributed by atoms with van der Waals surface area (Å²) in [6, 6.07) is 6.27. The molecule has 0 saturated heterocycles. The first-order valence-electron chi connectivity index (χ1n) is 11.3. The molecule has 11 heteroatoms. The van der Waals surface area contributed by atoms with E-state index in [4.69, 9.17) is 4.74 Å². The van der Waals surface area contributed by atoms with Gasteiger partial charge in [0.05, 0.1) is 17.6 Å². The molecule has 4 aromatic rings. The highest BCUT2D eigenvalue weighted by Crippen LogP contribution is 2.29. The summed E-state index contributed by atoms with van der Waals surface area (Å²) in [4.78, 5) is 30.3. The predicted molar refractivity (Wildman–Crippen MR) is 137 cm³/mol. The van der Waals surface area contributed by atoms with Crippen LogP contribution in [-0.2, 0) is 12.2 Å². The van der Waals surface area contributed by atoms with Crippen molar-refractivity contribution in [3.8, 4) is 22.8 Å². The molecule has 4 rings (SSSR count). The molecule has 0 aliphatic rings. The maximum atomic E-state index is 13.9. The van der Waals surface area contributed by atoms with Crippen molar-refractivity contribution in [3.63, 3.8) is 0 Å². The van der Waals surface area contributed by atoms with Gasteiger partial charge in [-0.05, 0) is 67.7 Å². The minimum absolute atomic E-state index is 0.0351. The largest absolute Gasteiger partial charge is 0.470 e. The number of aromatic nitrogens is 5. The molecule has 192 valence electrons. The van der Waals surface area contributed by atoms with Gasteiger partial charge < -0.3 is 9.84 Å². The van der Waals surface area contributed by atoms with Crippen LogP contribution in [-0.4, -0.2) is 29.6 Å². The van der Waals surface area contributed by atoms with E-state index < -0.39 is 22.8 Å². The van der Waals surface area contributed by atoms with E-state index in [0.717, 1.165) is 22.9 Å². The topological polar surface area (TPSA) is 103 Å². The molecule has 37 heavy (non-hydrogen) atoms. The van der Waals surface area contributed by atoms with Crippen molar-refractivity contribution >= 4 is 15.9 Å². The third-order valence-electron chi connectivity index (χ3n) is 5.64. The quantitative estimate of drug-likeness (QED) is 0.352. The summed E-state index contributed by atoms with van der Waals surface area (Å²) in [7, 11) is 0. The van der Waals surface area contributed by atoms with Gasteiger partial charge in [-0.1, -0.05) is 12.1 Å². The van der Waals surface area contributed by atoms with Crippen LogP contribution in [0.3, 0.4) is 0 Å². The molecule has 1 N–H and O–H groups in total. The molecule has 0 aliphatic heterocycles. The number of pyridine rings is 1. The molecule has 0 spiro atoms. The van der Waals surface area contributed by atoms with Gasteiger partial charge in [-0.25, -0.2) is 18.7 Å². The van der Waals surface area contributed by atoms with Gasteiger partial charge in [-0.3, -0.25) is 14.3 Å². The molecule has 3 aromatic heterocycles. The summed E-state index contributed by atoms with van der Waals surface area (Å²) < 4.78 is 34.1. The molecular formula is C26H24BrF2N5O3. The molecule has 0 aliphatic carbocycles. The number of hydrogen-bond donors (Lipinski definition) is 1. The van der Waals surface area contributed by atoms with E-state index in [1.54, 1.807) is 27.0 Å². The van der Waals surface area contributed by atoms with Gasteiger partial charge in [0.2, 0.25) is 5.88 Å². The second-order valence-corrected chi connectivity index (χ2v) is 9.87. The first-order chi connectivity index (χ1) is 17.4. The van der Waals surface area contributed by atoms with Crippen molar-refractivity contribution in [2.45, 2.75) is 46.8 Å². The van der Waals surface area contributed by atoms with Gasteiger partial charge in [-0.15, -0.1) is 0 Å². The average Bonchev–Trinajstić information content (AvgIpc) is 2.82. The molecule has 8 nitrogen and oxygen atoms in total. The Bertz CT molecular complexity index is 1570. The molecule has 0 unspecified atom stereocenters. The molecular weight excluding hydrogens is 548 g/mol. The van der Waals surface area contributed by atoms with E-state index in [1.807, 2.05) is 32.0 Å². The Balaban J connectivity index is 1.75. The molecule has 3 heterocycles. The highest BCUT2D eigenvalue weighted by Gasteiger charge is 2.22. The summed E-state index contributed by atoms with van der Waals surface area (Å²) in [5, 5.41) is 10.4. The van der Waals surface area contributed by atoms with Gasteiger partial charge in [-0.2, -0.15) is 4.98 Å². The van der Waals surface area contributed by atoms with E-state index >= 15 is 0 Å². The lowest BCUT2D eigenvalue weighted by Crippen LogP contribution is -2.24. The molecule has 0 bridgehead atoms. The summed E-state index contributed by atoms with van der Waals surface area (Å²) >= 11 is 3.25. The Morgan fingerprint density at radius 2 is 1.78 bits per heavy atom. The van der Waals surface area contributed by atoms with Crippen LogP contribution >= 0.6 is 15.9 Å². The smallest absolute Gasteiger partial charge is 0.276 e. The monoisotopic (exact) mass is 571 g/mol. The Morgan fingerprint density at radius 3 is 2.46 bits per heavy atom. The fourth-order valence-electron chi connectivity index (χ4n) is 3.67. The average molecular weight is 572 g/mol. The fraction of sp³-hybridized carbons (Fsp3) is 0.269. The first-order valence-corrected chi connectivity index (χ1v) is 12.1. The van der Waals surface area contributed by atoms with Crippen LogP contribution in [0.2, 0.25) is 0 Å². The van der Waals surface area contributed by atoms with Crippen LogP contribution < -0.4 is 10.3 Å². The van der Waals surface area contributed by atoms with Crippen molar-refractivity contribution in [2.24, 2.45) is 0 Å². The van der Waals surface area contributed by atoms with E-state index in [-0.39, 0.29) is 28.5 Å². The lowest BCUT2D eigenvalue weighted by Gasteiger charge is -2.18. The van der Waals surface area contributed by atoms with Gasteiger partial charge in [0.25, 0.3) is 5.56 Å². The molecule has 0 fully saturated rings. The van der Waals surface area contributed by atoms with Crippen molar-refractivity contribution in [1.82, 2.24) is 24.5 Å².